The predicted molar refractivity (Wildman–Crippen MR) is 13.1 cm³/mol. The van der Waals surface area contributed by atoms with Crippen LogP contribution in [0.4, 0.5) is 0 Å². The van der Waals surface area contributed by atoms with E-state index in [2.05, 4.69) is 0 Å². The molecule has 0 unspecified atom stereocenters. The number of hydrogen-bond donors (Lipinski definition) is 2. The van der Waals surface area contributed by atoms with Gasteiger partial charge in [0.1, 0.15) is 0 Å². The summed E-state index contributed by atoms with van der Waals surface area (Å²) in [6.07, 6.45) is 0. The molecule has 34 valence electrons. The Labute approximate surface area is 101 Å². The molecular formula is H4CaLaMnO3. The van der Waals surface area contributed by atoms with Crippen LogP contribution in [0.5, 0.6) is 0 Å². The van der Waals surface area contributed by atoms with Gasteiger partial charge in [-0.3, -0.25) is 0 Å². The van der Waals surface area contributed by atoms with Crippen molar-refractivity contribution in [2.45, 2.75) is 0 Å². The Morgan fingerprint density at radius 3 is 1.50 bits per heavy atom. The van der Waals surface area contributed by atoms with Gasteiger partial charge in [0.25, 0.3) is 0 Å². The standard InChI is InChI=1S/Ca.La.Mn.2H2O.O.2H/h;;;2*1H2;;;/q+2;;+2;;;;2*-1/p-2. The Balaban J connectivity index is -0.00000000750. The van der Waals surface area contributed by atoms with Crippen LogP contribution in [-0.2, 0) is 18.3 Å². The van der Waals surface area contributed by atoms with Crippen molar-refractivity contribution >= 4 is 37.7 Å². The van der Waals surface area contributed by atoms with Gasteiger partial charge in [0.05, 0.1) is 0 Å². The molecule has 6 heteroatoms. The van der Waals surface area contributed by atoms with Gasteiger partial charge >= 0.3 is 64.4 Å². The van der Waals surface area contributed by atoms with E-state index in [1.807, 2.05) is 0 Å². The molecule has 0 aliphatic rings. The van der Waals surface area contributed by atoms with E-state index in [1.165, 1.54) is 0 Å². The molecule has 0 bridgehead atoms. The maximum atomic E-state index is 8.74. The summed E-state index contributed by atoms with van der Waals surface area (Å²) in [6, 6.07) is 0. The first-order valence-electron chi connectivity index (χ1n) is 0.492. The van der Waals surface area contributed by atoms with E-state index in [0.717, 1.165) is 0 Å². The van der Waals surface area contributed by atoms with Crippen LogP contribution in [0.2, 0.25) is 0 Å². The maximum absolute atomic E-state index is 8.74. The summed E-state index contributed by atoms with van der Waals surface area (Å²) in [5, 5.41) is 0. The van der Waals surface area contributed by atoms with Gasteiger partial charge in [-0.2, -0.15) is 0 Å². The average molecular weight is 286 g/mol. The monoisotopic (exact) mass is 286 g/mol. The number of rotatable bonds is 0. The Bertz CT molecular complexity index is 40.3. The third kappa shape index (κ3) is 29.9. The van der Waals surface area contributed by atoms with E-state index in [1.54, 1.807) is 0 Å². The Kier molecular flexibility index (Phi) is 28.1. The van der Waals surface area contributed by atoms with Gasteiger partial charge in [0.15, 0.2) is 0 Å². The van der Waals surface area contributed by atoms with Crippen molar-refractivity contribution in [3.63, 3.8) is 0 Å². The zero-order chi connectivity index (χ0) is 3.58. The fourth-order valence-corrected chi connectivity index (χ4v) is 0. The summed E-state index contributed by atoms with van der Waals surface area (Å²) in [7, 11) is 0. The average Bonchev–Trinajstić information content (AvgIpc) is 0.811. The van der Waals surface area contributed by atoms with Crippen LogP contribution >= 0.6 is 0 Å². The fourth-order valence-electron chi connectivity index (χ4n) is 0. The van der Waals surface area contributed by atoms with Gasteiger partial charge in [-0.1, -0.05) is 0 Å². The Morgan fingerprint density at radius 1 is 1.50 bits per heavy atom. The Morgan fingerprint density at radius 2 is 1.50 bits per heavy atom. The Hall–Kier alpha value is 2.69. The van der Waals surface area contributed by atoms with Crippen molar-refractivity contribution in [3.8, 4) is 0 Å². The molecule has 1 radical (unpaired) electrons. The van der Waals surface area contributed by atoms with Gasteiger partial charge in [-0.15, -0.1) is 0 Å². The second-order valence-electron chi connectivity index (χ2n) is 0.214. The first-order chi connectivity index (χ1) is 1.73. The molecule has 3 nitrogen and oxygen atoms in total. The van der Waals surface area contributed by atoms with Gasteiger partial charge in [0.2, 0.25) is 0 Å². The molecule has 0 fully saturated rings. The topological polar surface area (TPSA) is 57.5 Å². The molecule has 0 aromatic rings. The van der Waals surface area contributed by atoms with Crippen molar-refractivity contribution in [1.82, 2.24) is 0 Å². The van der Waals surface area contributed by atoms with E-state index >= 15 is 0 Å². The molecule has 0 aliphatic carbocycles. The quantitative estimate of drug-likeness (QED) is 0.539. The molecule has 0 saturated carbocycles. The molecule has 6 heavy (non-hydrogen) atoms. The van der Waals surface area contributed by atoms with Crippen LogP contribution in [0.1, 0.15) is 2.85 Å². The first kappa shape index (κ1) is 15.9. The van der Waals surface area contributed by atoms with E-state index in [9.17, 15) is 0 Å². The summed E-state index contributed by atoms with van der Waals surface area (Å²) >= 11 is -3.15. The number of hydrogen-bond acceptors (Lipinski definition) is 1. The van der Waals surface area contributed by atoms with Gasteiger partial charge in [-0.25, -0.2) is 0 Å². The van der Waals surface area contributed by atoms with Gasteiger partial charge in [0, 0.05) is 35.6 Å². The zero-order valence-electron chi connectivity index (χ0n) is 4.97. The van der Waals surface area contributed by atoms with Crippen molar-refractivity contribution in [3.05, 3.63) is 0 Å². The van der Waals surface area contributed by atoms with Gasteiger partial charge < -0.3 is 2.85 Å². The normalized spacial score (nSPS) is 5.83. The van der Waals surface area contributed by atoms with Crippen LogP contribution in [0, 0.1) is 35.6 Å². The van der Waals surface area contributed by atoms with E-state index < -0.39 is 14.5 Å². The fraction of sp³-hybridized carbons (Fsp3) is 0. The molecule has 0 aromatic carbocycles. The molecule has 0 rings (SSSR count). The zero-order valence-corrected chi connectivity index (χ0v) is 9.98. The summed E-state index contributed by atoms with van der Waals surface area (Å²) in [4.78, 5) is 0. The van der Waals surface area contributed by atoms with Crippen molar-refractivity contribution in [1.29, 1.82) is 0 Å². The summed E-state index contributed by atoms with van der Waals surface area (Å²) in [5.74, 6) is 0. The van der Waals surface area contributed by atoms with Crippen molar-refractivity contribution in [2.24, 2.45) is 0 Å². The first-order valence-corrected chi connectivity index (χ1v) is 2.03. The molecule has 0 saturated heterocycles. The molecule has 2 N–H and O–H groups in total. The minimum absolute atomic E-state index is 0. The molecule has 0 aromatic heterocycles. The van der Waals surface area contributed by atoms with Crippen LogP contribution in [0.25, 0.3) is 0 Å². The third-order valence-electron chi connectivity index (χ3n) is 0. The summed E-state index contributed by atoms with van der Waals surface area (Å²) in [6.45, 7) is 0. The molecule has 0 aliphatic heterocycles. The molecular weight excluding hydrogens is 282 g/mol. The van der Waals surface area contributed by atoms with E-state index in [-0.39, 0.29) is 76.2 Å². The molecule has 0 atom stereocenters. The van der Waals surface area contributed by atoms with Crippen molar-refractivity contribution < 1.29 is 65.2 Å². The second-order valence-corrected chi connectivity index (χ2v) is 0.881. The van der Waals surface area contributed by atoms with Crippen molar-refractivity contribution in [2.75, 3.05) is 0 Å². The van der Waals surface area contributed by atoms with Gasteiger partial charge in [-0.05, 0) is 0 Å². The van der Waals surface area contributed by atoms with Crippen LogP contribution < -0.4 is 0 Å². The third-order valence-corrected chi connectivity index (χ3v) is 0. The predicted octanol–water partition coefficient (Wildman–Crippen LogP) is -1.39. The summed E-state index contributed by atoms with van der Waals surface area (Å²) < 4.78 is 23.1. The SMILES string of the molecule is [Ca+2].[H-].[H-].[La].[O]=[Mn]([OH])[OH]. The van der Waals surface area contributed by atoms with Crippen LogP contribution in [0.3, 0.4) is 0 Å². The van der Waals surface area contributed by atoms with E-state index in [0.29, 0.717) is 0 Å². The van der Waals surface area contributed by atoms with E-state index in [4.69, 9.17) is 12.2 Å². The second kappa shape index (κ2) is 10.6. The minimum atomic E-state index is -3.15. The summed E-state index contributed by atoms with van der Waals surface area (Å²) in [5.41, 5.74) is 0. The van der Waals surface area contributed by atoms with Crippen LogP contribution in [-0.4, -0.2) is 46.1 Å². The molecule has 0 amide bonds. The van der Waals surface area contributed by atoms with Crippen LogP contribution in [0.15, 0.2) is 0 Å². The molecule has 0 heterocycles. The molecule has 0 spiro atoms.